The molecule has 9 heteroatoms. The summed E-state index contributed by atoms with van der Waals surface area (Å²) in [6.07, 6.45) is 2.34. The first-order valence-electron chi connectivity index (χ1n) is 12.3. The Morgan fingerprint density at radius 3 is 2.90 bits per heavy atom. The van der Waals surface area contributed by atoms with Crippen molar-refractivity contribution in [3.63, 3.8) is 0 Å². The topological polar surface area (TPSA) is 89.0 Å². The van der Waals surface area contributed by atoms with Gasteiger partial charge < -0.3 is 14.6 Å². The second kappa shape index (κ2) is 9.87. The number of ether oxygens (including phenoxy) is 2. The molecule has 1 N–H and O–H groups in total. The number of hydrogen-bond acceptors (Lipinski definition) is 7. The highest BCUT2D eigenvalue weighted by atomic mass is 35.5. The van der Waals surface area contributed by atoms with Gasteiger partial charge in [0.15, 0.2) is 5.13 Å². The zero-order valence-corrected chi connectivity index (χ0v) is 22.5. The lowest BCUT2D eigenvalue weighted by Gasteiger charge is -2.23. The van der Waals surface area contributed by atoms with Crippen LogP contribution in [-0.4, -0.2) is 34.5 Å². The Balaban J connectivity index is 1.53. The number of carbonyl (C=O) groups excluding carboxylic acids is 2. The summed E-state index contributed by atoms with van der Waals surface area (Å²) in [6.45, 7) is 5.94. The van der Waals surface area contributed by atoms with E-state index in [1.54, 1.807) is 60.7 Å². The summed E-state index contributed by atoms with van der Waals surface area (Å²) in [5.41, 5.74) is 2.58. The number of Topliss-reactive ketones (excluding diaryl/α,β-unsaturated/α-hetero) is 1. The Morgan fingerprint density at radius 2 is 2.08 bits per heavy atom. The van der Waals surface area contributed by atoms with Crippen LogP contribution in [0.2, 0.25) is 5.02 Å². The van der Waals surface area contributed by atoms with Crippen LogP contribution in [0.4, 0.5) is 5.13 Å². The van der Waals surface area contributed by atoms with E-state index < -0.39 is 17.7 Å². The molecule has 3 heterocycles. The lowest BCUT2D eigenvalue weighted by molar-refractivity contribution is -0.132. The highest BCUT2D eigenvalue weighted by Crippen LogP contribution is 2.45. The second-order valence-corrected chi connectivity index (χ2v) is 10.9. The van der Waals surface area contributed by atoms with Gasteiger partial charge in [0.05, 0.1) is 21.8 Å². The van der Waals surface area contributed by atoms with Crippen molar-refractivity contribution in [3.05, 3.63) is 101 Å². The van der Waals surface area contributed by atoms with E-state index in [4.69, 9.17) is 21.1 Å². The number of nitrogens with zero attached hydrogens (tertiary/aromatic N) is 2. The number of thiazole rings is 1. The van der Waals surface area contributed by atoms with Gasteiger partial charge in [-0.15, -0.1) is 0 Å². The van der Waals surface area contributed by atoms with E-state index in [0.29, 0.717) is 39.0 Å². The van der Waals surface area contributed by atoms with Gasteiger partial charge in [0.2, 0.25) is 0 Å². The molecule has 2 aliphatic heterocycles. The third-order valence-corrected chi connectivity index (χ3v) is 7.95. The van der Waals surface area contributed by atoms with Crippen LogP contribution in [-0.2, 0) is 16.0 Å². The Kier molecular flexibility index (Phi) is 6.37. The zero-order chi connectivity index (χ0) is 27.3. The Morgan fingerprint density at radius 1 is 1.23 bits per heavy atom. The van der Waals surface area contributed by atoms with Gasteiger partial charge in [-0.05, 0) is 66.6 Å². The fourth-order valence-electron chi connectivity index (χ4n) is 4.99. The summed E-state index contributed by atoms with van der Waals surface area (Å²) in [7, 11) is 0. The number of aliphatic hydroxyl groups excluding tert-OH is 1. The molecular weight excluding hydrogens is 536 g/mol. The minimum absolute atomic E-state index is 0.0221. The number of amides is 1. The molecule has 1 amide bonds. The number of fused-ring (bicyclic) bond motifs is 2. The first-order valence-corrected chi connectivity index (χ1v) is 13.5. The van der Waals surface area contributed by atoms with Crippen LogP contribution in [0.15, 0.2) is 78.9 Å². The minimum atomic E-state index is -0.934. The number of carbonyl (C=O) groups is 2. The number of hydrogen-bond donors (Lipinski definition) is 1. The summed E-state index contributed by atoms with van der Waals surface area (Å²) in [4.78, 5) is 33.1. The standard InChI is InChI=1S/C30H23ClN2O5S/c1-3-11-37-21-6-4-5-17(14-21)26-25(27(34)18-7-10-23-19(13-18)12-16(2)38-23)28(35)29(36)33(26)30-32-22-9-8-20(31)15-24(22)39-30/h3-10,13-16,26,34H,1,11-12H2,2H3/b27-25+/t16-,26-/m1/s1. The summed E-state index contributed by atoms with van der Waals surface area (Å²) in [5, 5.41) is 12.4. The predicted octanol–water partition coefficient (Wildman–Crippen LogP) is 6.46. The van der Waals surface area contributed by atoms with Crippen LogP contribution in [0.25, 0.3) is 16.0 Å². The number of anilines is 1. The smallest absolute Gasteiger partial charge is 0.301 e. The van der Waals surface area contributed by atoms with Crippen molar-refractivity contribution in [3.8, 4) is 11.5 Å². The molecule has 2 aliphatic rings. The molecule has 0 spiro atoms. The van der Waals surface area contributed by atoms with Crippen molar-refractivity contribution >= 4 is 55.7 Å². The predicted molar refractivity (Wildman–Crippen MR) is 152 cm³/mol. The fourth-order valence-corrected chi connectivity index (χ4v) is 6.26. The van der Waals surface area contributed by atoms with E-state index in [0.717, 1.165) is 16.0 Å². The molecule has 7 nitrogen and oxygen atoms in total. The minimum Gasteiger partial charge on any atom is -0.507 e. The number of halogens is 1. The first kappa shape index (κ1) is 25.2. The summed E-state index contributed by atoms with van der Waals surface area (Å²) in [5.74, 6) is -0.543. The lowest BCUT2D eigenvalue weighted by atomic mass is 9.94. The van der Waals surface area contributed by atoms with Gasteiger partial charge in [0.1, 0.15) is 30.0 Å². The third-order valence-electron chi connectivity index (χ3n) is 6.70. The summed E-state index contributed by atoms with van der Waals surface area (Å²) in [6, 6.07) is 16.7. The maximum atomic E-state index is 13.6. The fraction of sp³-hybridized carbons (Fsp3) is 0.167. The Labute approximate surface area is 233 Å². The molecule has 0 bridgehead atoms. The number of ketones is 1. The highest BCUT2D eigenvalue weighted by molar-refractivity contribution is 7.22. The van der Waals surface area contributed by atoms with E-state index in [1.807, 2.05) is 13.0 Å². The van der Waals surface area contributed by atoms with Gasteiger partial charge in [-0.3, -0.25) is 14.5 Å². The molecule has 0 unspecified atom stereocenters. The van der Waals surface area contributed by atoms with Crippen molar-refractivity contribution in [1.82, 2.24) is 4.98 Å². The molecule has 0 aliphatic carbocycles. The first-order chi connectivity index (χ1) is 18.8. The molecule has 1 saturated heterocycles. The van der Waals surface area contributed by atoms with Crippen molar-refractivity contribution in [1.29, 1.82) is 0 Å². The lowest BCUT2D eigenvalue weighted by Crippen LogP contribution is -2.29. The van der Waals surface area contributed by atoms with E-state index >= 15 is 0 Å². The SMILES string of the molecule is C=CCOc1cccc([C@@H]2/C(=C(\O)c3ccc4c(c3)C[C@@H](C)O4)C(=O)C(=O)N2c2nc3ccc(Cl)cc3s2)c1. The van der Waals surface area contributed by atoms with E-state index in [-0.39, 0.29) is 24.0 Å². The van der Waals surface area contributed by atoms with Crippen molar-refractivity contribution in [2.75, 3.05) is 11.5 Å². The number of aromatic nitrogens is 1. The molecule has 4 aromatic rings. The molecule has 0 radical (unpaired) electrons. The van der Waals surface area contributed by atoms with Gasteiger partial charge in [-0.1, -0.05) is 47.7 Å². The molecule has 6 rings (SSSR count). The van der Waals surface area contributed by atoms with Crippen LogP contribution < -0.4 is 14.4 Å². The second-order valence-electron chi connectivity index (χ2n) is 9.40. The quantitative estimate of drug-likeness (QED) is 0.126. The summed E-state index contributed by atoms with van der Waals surface area (Å²) >= 11 is 7.43. The molecular formula is C30H23ClN2O5S. The van der Waals surface area contributed by atoms with Crippen LogP contribution in [0, 0.1) is 0 Å². The normalized spacial score (nSPS) is 19.8. The van der Waals surface area contributed by atoms with Gasteiger partial charge in [-0.2, -0.15) is 0 Å². The molecule has 39 heavy (non-hydrogen) atoms. The number of aliphatic hydroxyl groups is 1. The van der Waals surface area contributed by atoms with Crippen LogP contribution in [0.1, 0.15) is 29.7 Å². The van der Waals surface area contributed by atoms with Gasteiger partial charge in [-0.25, -0.2) is 4.98 Å². The zero-order valence-electron chi connectivity index (χ0n) is 20.9. The average molecular weight is 559 g/mol. The maximum absolute atomic E-state index is 13.6. The average Bonchev–Trinajstić information content (AvgIpc) is 3.59. The van der Waals surface area contributed by atoms with Gasteiger partial charge >= 0.3 is 5.91 Å². The maximum Gasteiger partial charge on any atom is 0.301 e. The van der Waals surface area contributed by atoms with E-state index in [1.165, 1.54) is 16.2 Å². The van der Waals surface area contributed by atoms with E-state index in [9.17, 15) is 14.7 Å². The van der Waals surface area contributed by atoms with E-state index in [2.05, 4.69) is 11.6 Å². The molecule has 0 saturated carbocycles. The molecule has 2 atom stereocenters. The molecule has 196 valence electrons. The van der Waals surface area contributed by atoms with Crippen LogP contribution in [0.5, 0.6) is 11.5 Å². The Bertz CT molecular complexity index is 1690. The number of rotatable bonds is 6. The molecule has 1 aromatic heterocycles. The molecule has 1 fully saturated rings. The Hall–Kier alpha value is -4.14. The number of benzene rings is 3. The van der Waals surface area contributed by atoms with Crippen molar-refractivity contribution in [2.24, 2.45) is 0 Å². The van der Waals surface area contributed by atoms with Crippen molar-refractivity contribution < 1.29 is 24.2 Å². The highest BCUT2D eigenvalue weighted by Gasteiger charge is 2.48. The third kappa shape index (κ3) is 4.45. The van der Waals surface area contributed by atoms with Crippen LogP contribution >= 0.6 is 22.9 Å². The van der Waals surface area contributed by atoms with Crippen LogP contribution in [0.3, 0.4) is 0 Å². The monoisotopic (exact) mass is 558 g/mol. The molecule has 3 aromatic carbocycles. The van der Waals surface area contributed by atoms with Gasteiger partial charge in [0, 0.05) is 17.0 Å². The summed E-state index contributed by atoms with van der Waals surface area (Å²) < 4.78 is 12.3. The largest absolute Gasteiger partial charge is 0.507 e. The van der Waals surface area contributed by atoms with Crippen molar-refractivity contribution in [2.45, 2.75) is 25.5 Å². The van der Waals surface area contributed by atoms with Gasteiger partial charge in [0.25, 0.3) is 5.78 Å².